The van der Waals surface area contributed by atoms with E-state index in [1.54, 1.807) is 0 Å². The summed E-state index contributed by atoms with van der Waals surface area (Å²) in [6.07, 6.45) is 6.68. The van der Waals surface area contributed by atoms with E-state index in [-0.39, 0.29) is 24.0 Å². The minimum Gasteiger partial charge on any atom is -0.379 e. The summed E-state index contributed by atoms with van der Waals surface area (Å²) in [5, 5.41) is 7.06. The van der Waals surface area contributed by atoms with Crippen molar-refractivity contribution in [1.29, 1.82) is 0 Å². The van der Waals surface area contributed by atoms with Crippen molar-refractivity contribution in [3.8, 4) is 0 Å². The molecule has 28 heavy (non-hydrogen) atoms. The van der Waals surface area contributed by atoms with E-state index in [0.29, 0.717) is 5.41 Å². The van der Waals surface area contributed by atoms with E-state index >= 15 is 0 Å². The highest BCUT2D eigenvalue weighted by Gasteiger charge is 2.31. The van der Waals surface area contributed by atoms with Crippen LogP contribution in [-0.4, -0.2) is 50.8 Å². The van der Waals surface area contributed by atoms with Crippen LogP contribution in [0.15, 0.2) is 29.3 Å². The number of hydrogen-bond acceptors (Lipinski definition) is 3. The first kappa shape index (κ1) is 23.4. The maximum Gasteiger partial charge on any atom is 0.191 e. The third kappa shape index (κ3) is 6.88. The number of halogens is 1. The number of hydrogen-bond donors (Lipinski definition) is 2. The molecule has 1 aromatic carbocycles. The van der Waals surface area contributed by atoms with Crippen molar-refractivity contribution in [3.05, 3.63) is 35.4 Å². The molecule has 158 valence electrons. The molecule has 0 spiro atoms. The number of rotatable bonds is 7. The molecule has 1 aliphatic heterocycles. The zero-order valence-electron chi connectivity index (χ0n) is 17.5. The number of nitrogens with one attached hydrogen (secondary N) is 2. The molecule has 5 nitrogen and oxygen atoms in total. The fourth-order valence-corrected chi connectivity index (χ4v) is 4.31. The van der Waals surface area contributed by atoms with Gasteiger partial charge in [0.2, 0.25) is 0 Å². The average Bonchev–Trinajstić information content (AvgIpc) is 3.19. The third-order valence-corrected chi connectivity index (χ3v) is 6.23. The molecule has 0 amide bonds. The zero-order chi connectivity index (χ0) is 19.0. The molecule has 3 rings (SSSR count). The summed E-state index contributed by atoms with van der Waals surface area (Å²) in [5.41, 5.74) is 3.14. The van der Waals surface area contributed by atoms with Crippen LogP contribution >= 0.6 is 24.0 Å². The Morgan fingerprint density at radius 2 is 1.86 bits per heavy atom. The quantitative estimate of drug-likeness (QED) is 0.340. The SMILES string of the molecule is CCC1(CNC(=NC)NCc2cccc(CN3CCOCC3)c2)CCCC1.I. The summed E-state index contributed by atoms with van der Waals surface area (Å²) < 4.78 is 5.44. The van der Waals surface area contributed by atoms with E-state index in [0.717, 1.165) is 51.9 Å². The Labute approximate surface area is 187 Å². The van der Waals surface area contributed by atoms with E-state index in [1.165, 1.54) is 43.2 Å². The molecule has 6 heteroatoms. The summed E-state index contributed by atoms with van der Waals surface area (Å²) in [6.45, 7) is 8.91. The van der Waals surface area contributed by atoms with Crippen LogP contribution in [0.2, 0.25) is 0 Å². The maximum absolute atomic E-state index is 5.44. The van der Waals surface area contributed by atoms with Crippen molar-refractivity contribution in [2.24, 2.45) is 10.4 Å². The van der Waals surface area contributed by atoms with Gasteiger partial charge in [0.05, 0.1) is 13.2 Å². The van der Waals surface area contributed by atoms with Gasteiger partial charge in [-0.05, 0) is 35.8 Å². The smallest absolute Gasteiger partial charge is 0.191 e. The molecule has 1 aliphatic carbocycles. The summed E-state index contributed by atoms with van der Waals surface area (Å²) in [7, 11) is 1.86. The van der Waals surface area contributed by atoms with Gasteiger partial charge < -0.3 is 15.4 Å². The second-order valence-electron chi connectivity index (χ2n) is 8.05. The maximum atomic E-state index is 5.44. The van der Waals surface area contributed by atoms with Crippen molar-refractivity contribution in [2.45, 2.75) is 52.1 Å². The van der Waals surface area contributed by atoms with Gasteiger partial charge in [-0.25, -0.2) is 0 Å². The lowest BCUT2D eigenvalue weighted by Gasteiger charge is -2.28. The van der Waals surface area contributed by atoms with Crippen molar-refractivity contribution >= 4 is 29.9 Å². The van der Waals surface area contributed by atoms with Crippen LogP contribution in [-0.2, 0) is 17.8 Å². The monoisotopic (exact) mass is 500 g/mol. The van der Waals surface area contributed by atoms with Gasteiger partial charge in [-0.15, -0.1) is 24.0 Å². The molecule has 0 atom stereocenters. The second kappa shape index (κ2) is 12.0. The largest absolute Gasteiger partial charge is 0.379 e. The van der Waals surface area contributed by atoms with Gasteiger partial charge in [0.15, 0.2) is 5.96 Å². The predicted molar refractivity (Wildman–Crippen MR) is 127 cm³/mol. The first-order valence-electron chi connectivity index (χ1n) is 10.6. The molecule has 1 saturated carbocycles. The van der Waals surface area contributed by atoms with Crippen LogP contribution in [0, 0.1) is 5.41 Å². The molecule has 0 unspecified atom stereocenters. The van der Waals surface area contributed by atoms with Crippen LogP contribution in [0.4, 0.5) is 0 Å². The van der Waals surface area contributed by atoms with Gasteiger partial charge in [0.1, 0.15) is 0 Å². The number of aliphatic imine (C=N–C) groups is 1. The van der Waals surface area contributed by atoms with E-state index in [9.17, 15) is 0 Å². The summed E-state index contributed by atoms with van der Waals surface area (Å²) in [4.78, 5) is 6.88. The molecular formula is C22H37IN4O. The van der Waals surface area contributed by atoms with Crippen LogP contribution in [0.25, 0.3) is 0 Å². The minimum absolute atomic E-state index is 0. The van der Waals surface area contributed by atoms with Crippen LogP contribution in [0.5, 0.6) is 0 Å². The third-order valence-electron chi connectivity index (χ3n) is 6.23. The number of nitrogens with zero attached hydrogens (tertiary/aromatic N) is 2. The van der Waals surface area contributed by atoms with E-state index in [2.05, 4.69) is 51.7 Å². The number of benzene rings is 1. The Hall–Kier alpha value is -0.860. The average molecular weight is 500 g/mol. The highest BCUT2D eigenvalue weighted by molar-refractivity contribution is 14.0. The Morgan fingerprint density at radius 3 is 2.54 bits per heavy atom. The minimum atomic E-state index is 0. The Morgan fingerprint density at radius 1 is 1.14 bits per heavy atom. The highest BCUT2D eigenvalue weighted by atomic mass is 127. The van der Waals surface area contributed by atoms with Gasteiger partial charge in [-0.3, -0.25) is 9.89 Å². The van der Waals surface area contributed by atoms with Crippen molar-refractivity contribution in [3.63, 3.8) is 0 Å². The predicted octanol–water partition coefficient (Wildman–Crippen LogP) is 3.77. The highest BCUT2D eigenvalue weighted by Crippen LogP contribution is 2.40. The molecule has 1 heterocycles. The molecule has 0 radical (unpaired) electrons. The lowest BCUT2D eigenvalue weighted by molar-refractivity contribution is 0.0342. The van der Waals surface area contributed by atoms with Crippen molar-refractivity contribution in [1.82, 2.24) is 15.5 Å². The lowest BCUT2D eigenvalue weighted by atomic mass is 9.83. The van der Waals surface area contributed by atoms with Crippen LogP contribution < -0.4 is 10.6 Å². The molecule has 2 N–H and O–H groups in total. The zero-order valence-corrected chi connectivity index (χ0v) is 19.8. The molecule has 0 bridgehead atoms. The first-order chi connectivity index (χ1) is 13.2. The molecular weight excluding hydrogens is 463 g/mol. The molecule has 0 aromatic heterocycles. The molecule has 1 aromatic rings. The molecule has 2 fully saturated rings. The van der Waals surface area contributed by atoms with Crippen molar-refractivity contribution < 1.29 is 4.74 Å². The lowest BCUT2D eigenvalue weighted by Crippen LogP contribution is -2.42. The fraction of sp³-hybridized carbons (Fsp3) is 0.682. The normalized spacial score (nSPS) is 19.9. The topological polar surface area (TPSA) is 48.9 Å². The number of ether oxygens (including phenoxy) is 1. The van der Waals surface area contributed by atoms with Gasteiger partial charge >= 0.3 is 0 Å². The number of morpholine rings is 1. The molecule has 1 saturated heterocycles. The van der Waals surface area contributed by atoms with E-state index in [4.69, 9.17) is 4.74 Å². The van der Waals surface area contributed by atoms with Gasteiger partial charge in [0, 0.05) is 39.8 Å². The molecule has 2 aliphatic rings. The summed E-state index contributed by atoms with van der Waals surface area (Å²) in [6, 6.07) is 8.87. The van der Waals surface area contributed by atoms with Crippen LogP contribution in [0.1, 0.15) is 50.2 Å². The summed E-state index contributed by atoms with van der Waals surface area (Å²) >= 11 is 0. The van der Waals surface area contributed by atoms with Crippen molar-refractivity contribution in [2.75, 3.05) is 39.9 Å². The number of guanidine groups is 1. The van der Waals surface area contributed by atoms with Gasteiger partial charge in [0.25, 0.3) is 0 Å². The summed E-state index contributed by atoms with van der Waals surface area (Å²) in [5.74, 6) is 0.910. The van der Waals surface area contributed by atoms with E-state index < -0.39 is 0 Å². The van der Waals surface area contributed by atoms with Crippen LogP contribution in [0.3, 0.4) is 0 Å². The van der Waals surface area contributed by atoms with Gasteiger partial charge in [-0.1, -0.05) is 44.0 Å². The second-order valence-corrected chi connectivity index (χ2v) is 8.05. The standard InChI is InChI=1S/C22H36N4O.HI/c1-3-22(9-4-5-10-22)18-25-21(23-2)24-16-19-7-6-8-20(15-19)17-26-11-13-27-14-12-26;/h6-8,15H,3-5,9-14,16-18H2,1-2H3,(H2,23,24,25);1H. The Kier molecular flexibility index (Phi) is 10.0. The fourth-order valence-electron chi connectivity index (χ4n) is 4.31. The Bertz CT molecular complexity index is 610. The van der Waals surface area contributed by atoms with Gasteiger partial charge in [-0.2, -0.15) is 0 Å². The van der Waals surface area contributed by atoms with E-state index in [1.807, 2.05) is 7.05 Å². The first-order valence-corrected chi connectivity index (χ1v) is 10.6. The Balaban J connectivity index is 0.00000280.